The molecule has 200 valence electrons. The van der Waals surface area contributed by atoms with Crippen LogP contribution in [0.1, 0.15) is 40.7 Å². The van der Waals surface area contributed by atoms with E-state index in [1.165, 1.54) is 17.0 Å². The number of ether oxygens (including phenoxy) is 1. The lowest BCUT2D eigenvalue weighted by Gasteiger charge is -2.17. The molecule has 1 saturated heterocycles. The molecule has 12 heteroatoms. The highest BCUT2D eigenvalue weighted by atomic mass is 32.2. The molecule has 37 heavy (non-hydrogen) atoms. The van der Waals surface area contributed by atoms with Crippen LogP contribution in [-0.4, -0.2) is 69.9 Å². The second kappa shape index (κ2) is 12.0. The van der Waals surface area contributed by atoms with Crippen LogP contribution in [0.25, 0.3) is 0 Å². The Hall–Kier alpha value is -3.80. The summed E-state index contributed by atoms with van der Waals surface area (Å²) >= 11 is 0. The van der Waals surface area contributed by atoms with Crippen LogP contribution in [0.3, 0.4) is 0 Å². The highest BCUT2D eigenvalue weighted by Crippen LogP contribution is 2.31. The largest absolute Gasteiger partial charge is 0.506 e. The van der Waals surface area contributed by atoms with E-state index in [0.29, 0.717) is 49.3 Å². The van der Waals surface area contributed by atoms with Crippen LogP contribution in [0.15, 0.2) is 36.4 Å². The summed E-state index contributed by atoms with van der Waals surface area (Å²) in [5.41, 5.74) is 2.05. The molecule has 1 heterocycles. The summed E-state index contributed by atoms with van der Waals surface area (Å²) in [7, 11) is -0.620. The Labute approximate surface area is 216 Å². The van der Waals surface area contributed by atoms with Crippen molar-refractivity contribution in [3.63, 3.8) is 0 Å². The Balaban J connectivity index is 1.39. The first-order chi connectivity index (χ1) is 17.5. The van der Waals surface area contributed by atoms with Crippen LogP contribution < -0.4 is 19.1 Å². The van der Waals surface area contributed by atoms with Crippen molar-refractivity contribution < 1.29 is 32.6 Å². The standard InChI is InChI=1S/C25H32N4O7S/c1-17-7-6-8-21(24(17)25(33)28(2)3)36-14-5-4-13-26-22(31)12-10-18-9-11-19(20(30)15-18)29-16-23(32)27-37(29,34)35/h6-9,11,15,30H,4-5,10,12-14,16H2,1-3H3,(H,26,31)(H,27,32). The molecular formula is C25H32N4O7S. The second-order valence-electron chi connectivity index (χ2n) is 8.91. The van der Waals surface area contributed by atoms with E-state index in [4.69, 9.17) is 4.74 Å². The Bertz CT molecular complexity index is 1280. The number of carbonyl (C=O) groups is 3. The smallest absolute Gasteiger partial charge is 0.326 e. The van der Waals surface area contributed by atoms with Gasteiger partial charge in [-0.3, -0.25) is 14.4 Å². The van der Waals surface area contributed by atoms with Crippen molar-refractivity contribution in [3.8, 4) is 11.5 Å². The predicted octanol–water partition coefficient (Wildman–Crippen LogP) is 1.49. The summed E-state index contributed by atoms with van der Waals surface area (Å²) < 4.78 is 32.4. The molecule has 1 aliphatic heterocycles. The predicted molar refractivity (Wildman–Crippen MR) is 138 cm³/mol. The topological polar surface area (TPSA) is 145 Å². The zero-order valence-corrected chi connectivity index (χ0v) is 21.9. The molecule has 0 atom stereocenters. The number of rotatable bonds is 11. The van der Waals surface area contributed by atoms with E-state index in [2.05, 4.69) is 5.32 Å². The summed E-state index contributed by atoms with van der Waals surface area (Å²) in [6.45, 7) is 2.35. The van der Waals surface area contributed by atoms with Crippen molar-refractivity contribution in [1.29, 1.82) is 0 Å². The van der Waals surface area contributed by atoms with Gasteiger partial charge in [0.25, 0.3) is 11.8 Å². The fourth-order valence-corrected chi connectivity index (χ4v) is 5.00. The van der Waals surface area contributed by atoms with Crippen molar-refractivity contribution >= 4 is 33.6 Å². The molecular weight excluding hydrogens is 500 g/mol. The van der Waals surface area contributed by atoms with E-state index in [-0.39, 0.29) is 29.7 Å². The fraction of sp³-hybridized carbons (Fsp3) is 0.400. The molecule has 0 unspecified atom stereocenters. The van der Waals surface area contributed by atoms with Gasteiger partial charge in [0.05, 0.1) is 17.9 Å². The molecule has 0 spiro atoms. The van der Waals surface area contributed by atoms with Gasteiger partial charge in [-0.25, -0.2) is 9.03 Å². The van der Waals surface area contributed by atoms with E-state index in [1.807, 2.05) is 23.8 Å². The maximum atomic E-state index is 12.4. The van der Waals surface area contributed by atoms with E-state index in [1.54, 1.807) is 26.2 Å². The number of amides is 3. The minimum absolute atomic E-state index is 0.00219. The van der Waals surface area contributed by atoms with Gasteiger partial charge in [-0.15, -0.1) is 0 Å². The number of hydrogen-bond donors (Lipinski definition) is 3. The van der Waals surface area contributed by atoms with Gasteiger partial charge in [-0.05, 0) is 55.5 Å². The van der Waals surface area contributed by atoms with Gasteiger partial charge in [-0.1, -0.05) is 18.2 Å². The van der Waals surface area contributed by atoms with Crippen molar-refractivity contribution in [1.82, 2.24) is 14.9 Å². The van der Waals surface area contributed by atoms with E-state index >= 15 is 0 Å². The minimum Gasteiger partial charge on any atom is -0.506 e. The summed E-state index contributed by atoms with van der Waals surface area (Å²) in [5.74, 6) is -0.689. The number of phenolic OH excluding ortho intramolecular Hbond substituents is 1. The molecule has 3 N–H and O–H groups in total. The highest BCUT2D eigenvalue weighted by Gasteiger charge is 2.35. The molecule has 0 bridgehead atoms. The highest BCUT2D eigenvalue weighted by molar-refractivity contribution is 7.92. The Morgan fingerprint density at radius 1 is 1.19 bits per heavy atom. The number of carbonyl (C=O) groups excluding carboxylic acids is 3. The van der Waals surface area contributed by atoms with Crippen LogP contribution >= 0.6 is 0 Å². The van der Waals surface area contributed by atoms with Gasteiger partial charge in [0.2, 0.25) is 5.91 Å². The zero-order chi connectivity index (χ0) is 27.2. The van der Waals surface area contributed by atoms with E-state index in [9.17, 15) is 27.9 Å². The summed E-state index contributed by atoms with van der Waals surface area (Å²) in [5, 5.41) is 13.1. The molecule has 0 saturated carbocycles. The molecule has 1 fully saturated rings. The van der Waals surface area contributed by atoms with Gasteiger partial charge in [0, 0.05) is 27.1 Å². The van der Waals surface area contributed by atoms with Gasteiger partial charge >= 0.3 is 10.2 Å². The summed E-state index contributed by atoms with van der Waals surface area (Å²) in [4.78, 5) is 37.5. The monoisotopic (exact) mass is 532 g/mol. The molecule has 1 aliphatic rings. The lowest BCUT2D eigenvalue weighted by molar-refractivity contribution is -0.121. The molecule has 2 aromatic rings. The number of nitrogens with one attached hydrogen (secondary N) is 2. The average molecular weight is 533 g/mol. The Morgan fingerprint density at radius 2 is 1.95 bits per heavy atom. The van der Waals surface area contributed by atoms with E-state index in [0.717, 1.165) is 9.87 Å². The molecule has 11 nitrogen and oxygen atoms in total. The number of aromatic hydroxyl groups is 1. The number of benzene rings is 2. The minimum atomic E-state index is -4.01. The normalized spacial score (nSPS) is 14.2. The van der Waals surface area contributed by atoms with Crippen molar-refractivity contribution in [2.75, 3.05) is 38.1 Å². The van der Waals surface area contributed by atoms with Crippen LogP contribution in [0.5, 0.6) is 11.5 Å². The van der Waals surface area contributed by atoms with Gasteiger partial charge in [-0.2, -0.15) is 8.42 Å². The molecule has 3 rings (SSSR count). The van der Waals surface area contributed by atoms with Gasteiger partial charge < -0.3 is 20.1 Å². The molecule has 0 aromatic heterocycles. The first kappa shape index (κ1) is 27.8. The van der Waals surface area contributed by atoms with Crippen molar-refractivity contribution in [2.45, 2.75) is 32.6 Å². The number of unbranched alkanes of at least 4 members (excludes halogenated alkanes) is 1. The maximum absolute atomic E-state index is 12.4. The zero-order valence-electron chi connectivity index (χ0n) is 21.1. The quantitative estimate of drug-likeness (QED) is 0.372. The number of hydrogen-bond acceptors (Lipinski definition) is 7. The first-order valence-corrected chi connectivity index (χ1v) is 13.3. The van der Waals surface area contributed by atoms with Crippen LogP contribution in [0.2, 0.25) is 0 Å². The van der Waals surface area contributed by atoms with Crippen LogP contribution in [0.4, 0.5) is 5.69 Å². The summed E-state index contributed by atoms with van der Waals surface area (Å²) in [6.07, 6.45) is 1.93. The Kier molecular flexibility index (Phi) is 8.98. The molecule has 3 amide bonds. The molecule has 2 aromatic carbocycles. The average Bonchev–Trinajstić information content (AvgIpc) is 3.11. The third-order valence-electron chi connectivity index (χ3n) is 5.77. The van der Waals surface area contributed by atoms with Crippen molar-refractivity contribution in [2.24, 2.45) is 0 Å². The van der Waals surface area contributed by atoms with Gasteiger partial charge in [0.15, 0.2) is 0 Å². The lowest BCUT2D eigenvalue weighted by Crippen LogP contribution is -2.29. The lowest BCUT2D eigenvalue weighted by atomic mass is 10.1. The van der Waals surface area contributed by atoms with E-state index < -0.39 is 22.7 Å². The Morgan fingerprint density at radius 3 is 2.59 bits per heavy atom. The third-order valence-corrected chi connectivity index (χ3v) is 7.17. The maximum Gasteiger partial charge on any atom is 0.326 e. The van der Waals surface area contributed by atoms with Crippen LogP contribution in [-0.2, 0) is 26.2 Å². The SMILES string of the molecule is Cc1cccc(OCCCCNC(=O)CCc2ccc(N3CC(=O)NS3(=O)=O)c(O)c2)c1C(=O)N(C)C. The van der Waals surface area contributed by atoms with Gasteiger partial charge in [0.1, 0.15) is 18.0 Å². The number of phenols is 1. The molecule has 0 radical (unpaired) electrons. The second-order valence-corrected chi connectivity index (χ2v) is 10.5. The first-order valence-electron chi connectivity index (χ1n) is 11.9. The van der Waals surface area contributed by atoms with Crippen molar-refractivity contribution in [3.05, 3.63) is 53.1 Å². The number of aryl methyl sites for hydroxylation is 2. The number of anilines is 1. The fourth-order valence-electron chi connectivity index (χ4n) is 3.84. The molecule has 0 aliphatic carbocycles. The van der Waals surface area contributed by atoms with Crippen LogP contribution in [0, 0.1) is 6.92 Å². The summed E-state index contributed by atoms with van der Waals surface area (Å²) in [6, 6.07) is 9.89. The number of nitrogens with zero attached hydrogens (tertiary/aromatic N) is 2. The third kappa shape index (κ3) is 7.13.